The highest BCUT2D eigenvalue weighted by atomic mass is 19.1. The summed E-state index contributed by atoms with van der Waals surface area (Å²) in [5.74, 6) is -4.90. The Hall–Kier alpha value is -4.08. The Morgan fingerprint density at radius 2 is 1.79 bits per heavy atom. The lowest BCUT2D eigenvalue weighted by Gasteiger charge is -2.42. The van der Waals surface area contributed by atoms with Gasteiger partial charge in [-0.3, -0.25) is 14.4 Å². The van der Waals surface area contributed by atoms with E-state index in [2.05, 4.69) is 5.32 Å². The fraction of sp³-hybridized carbons (Fsp3) is 0.321. The average molecular weight is 526 g/mol. The molecule has 2 amide bonds. The van der Waals surface area contributed by atoms with Gasteiger partial charge in [-0.05, 0) is 31.7 Å². The fourth-order valence-corrected chi connectivity index (χ4v) is 5.15. The highest BCUT2D eigenvalue weighted by Crippen LogP contribution is 2.37. The van der Waals surface area contributed by atoms with E-state index in [-0.39, 0.29) is 29.5 Å². The summed E-state index contributed by atoms with van der Waals surface area (Å²) >= 11 is 0. The largest absolute Gasteiger partial charge is 0.483 e. The van der Waals surface area contributed by atoms with Gasteiger partial charge in [0.15, 0.2) is 11.4 Å². The molecule has 1 aromatic heterocycles. The van der Waals surface area contributed by atoms with E-state index >= 15 is 0 Å². The van der Waals surface area contributed by atoms with E-state index in [9.17, 15) is 27.6 Å². The van der Waals surface area contributed by atoms with Crippen molar-refractivity contribution in [3.05, 3.63) is 98.7 Å². The van der Waals surface area contributed by atoms with Crippen molar-refractivity contribution < 1.29 is 27.5 Å². The standard InChI is InChI=1S/C28H26F3N3O4/c1-28-9-5-6-10-33(16-28)27(37)23-25(38-15-17-7-3-2-4-8-17)24(35)20(14-34(23)28)26(36)32-13-19-21(30)11-18(29)12-22(19)31/h2-4,7-8,11-12,14H,5-6,9-10,13,15-16H2,1H3,(H,32,36). The van der Waals surface area contributed by atoms with E-state index in [1.54, 1.807) is 21.6 Å². The molecule has 2 aromatic carbocycles. The van der Waals surface area contributed by atoms with Gasteiger partial charge in [0, 0.05) is 43.5 Å². The molecule has 1 saturated heterocycles. The van der Waals surface area contributed by atoms with Crippen LogP contribution in [0.1, 0.15) is 58.2 Å². The van der Waals surface area contributed by atoms with Crippen LogP contribution in [0, 0.1) is 17.5 Å². The summed E-state index contributed by atoms with van der Waals surface area (Å²) in [5, 5.41) is 2.35. The summed E-state index contributed by atoms with van der Waals surface area (Å²) < 4.78 is 49.1. The summed E-state index contributed by atoms with van der Waals surface area (Å²) in [6.07, 6.45) is 3.69. The van der Waals surface area contributed by atoms with Crippen molar-refractivity contribution in [2.24, 2.45) is 0 Å². The maximum atomic E-state index is 14.1. The predicted molar refractivity (Wildman–Crippen MR) is 132 cm³/mol. The average Bonchev–Trinajstić information content (AvgIpc) is 3.06. The number of hydrogen-bond donors (Lipinski definition) is 1. The number of aromatic nitrogens is 1. The Kier molecular flexibility index (Phi) is 6.73. The van der Waals surface area contributed by atoms with Crippen molar-refractivity contribution in [2.75, 3.05) is 13.1 Å². The number of nitrogens with one attached hydrogen (secondary N) is 1. The molecule has 3 aromatic rings. The lowest BCUT2D eigenvalue weighted by Crippen LogP contribution is -2.52. The molecular formula is C28H26F3N3O4. The molecule has 0 aliphatic carbocycles. The van der Waals surface area contributed by atoms with Crippen LogP contribution in [0.3, 0.4) is 0 Å². The molecule has 5 rings (SSSR count). The predicted octanol–water partition coefficient (Wildman–Crippen LogP) is 4.13. The third-order valence-electron chi connectivity index (χ3n) is 7.16. The summed E-state index contributed by atoms with van der Waals surface area (Å²) in [6.45, 7) is 2.30. The van der Waals surface area contributed by atoms with Crippen molar-refractivity contribution in [2.45, 2.75) is 44.9 Å². The topological polar surface area (TPSA) is 80.6 Å². The maximum Gasteiger partial charge on any atom is 0.274 e. The molecule has 1 atom stereocenters. The lowest BCUT2D eigenvalue weighted by atomic mass is 9.92. The molecule has 198 valence electrons. The Labute approximate surface area is 216 Å². The van der Waals surface area contributed by atoms with E-state index in [4.69, 9.17) is 4.74 Å². The highest BCUT2D eigenvalue weighted by Gasteiger charge is 2.43. The number of carbonyl (C=O) groups is 2. The molecule has 7 nitrogen and oxygen atoms in total. The molecule has 1 unspecified atom stereocenters. The molecule has 38 heavy (non-hydrogen) atoms. The molecule has 3 heterocycles. The van der Waals surface area contributed by atoms with Gasteiger partial charge >= 0.3 is 0 Å². The number of carbonyl (C=O) groups excluding carboxylic acids is 2. The molecular weight excluding hydrogens is 499 g/mol. The van der Waals surface area contributed by atoms with Crippen molar-refractivity contribution in [1.29, 1.82) is 0 Å². The second-order valence-electron chi connectivity index (χ2n) is 9.91. The van der Waals surface area contributed by atoms with E-state index in [1.165, 1.54) is 6.20 Å². The van der Waals surface area contributed by atoms with Gasteiger partial charge in [-0.15, -0.1) is 0 Å². The fourth-order valence-electron chi connectivity index (χ4n) is 5.15. The maximum absolute atomic E-state index is 14.1. The van der Waals surface area contributed by atoms with Crippen LogP contribution in [0.25, 0.3) is 0 Å². The lowest BCUT2D eigenvalue weighted by molar-refractivity contribution is 0.0588. The smallest absolute Gasteiger partial charge is 0.274 e. The number of nitrogens with zero attached hydrogens (tertiary/aromatic N) is 2. The minimum atomic E-state index is -1.16. The second kappa shape index (κ2) is 10.00. The summed E-state index contributed by atoms with van der Waals surface area (Å²) in [6, 6.07) is 10.1. The van der Waals surface area contributed by atoms with Crippen molar-refractivity contribution in [3.63, 3.8) is 0 Å². The normalized spacial score (nSPS) is 18.5. The Balaban J connectivity index is 1.56. The van der Waals surface area contributed by atoms with Gasteiger partial charge in [-0.25, -0.2) is 13.2 Å². The van der Waals surface area contributed by atoms with E-state index in [1.807, 2.05) is 25.1 Å². The van der Waals surface area contributed by atoms with Gasteiger partial charge in [0.05, 0.1) is 5.54 Å². The third kappa shape index (κ3) is 4.66. The zero-order chi connectivity index (χ0) is 27.0. The minimum absolute atomic E-state index is 0.00977. The number of pyridine rings is 1. The number of halogens is 3. The van der Waals surface area contributed by atoms with E-state index < -0.39 is 46.4 Å². The zero-order valence-corrected chi connectivity index (χ0v) is 20.7. The zero-order valence-electron chi connectivity index (χ0n) is 20.7. The van der Waals surface area contributed by atoms with Gasteiger partial charge in [0.2, 0.25) is 5.43 Å². The molecule has 0 spiro atoms. The number of fused-ring (bicyclic) bond motifs is 4. The third-order valence-corrected chi connectivity index (χ3v) is 7.16. The first kappa shape index (κ1) is 25.6. The molecule has 2 aliphatic heterocycles. The molecule has 2 aliphatic rings. The van der Waals surface area contributed by atoms with Crippen LogP contribution in [0.4, 0.5) is 13.2 Å². The molecule has 0 saturated carbocycles. The van der Waals surface area contributed by atoms with Crippen molar-refractivity contribution in [3.8, 4) is 5.75 Å². The summed E-state index contributed by atoms with van der Waals surface area (Å²) in [4.78, 5) is 41.9. The van der Waals surface area contributed by atoms with Crippen molar-refractivity contribution >= 4 is 11.8 Å². The quantitative estimate of drug-likeness (QED) is 0.525. The van der Waals surface area contributed by atoms with Crippen LogP contribution in [0.5, 0.6) is 5.75 Å². The number of ether oxygens (including phenoxy) is 1. The van der Waals surface area contributed by atoms with Crippen LogP contribution >= 0.6 is 0 Å². The number of amides is 2. The first-order valence-electron chi connectivity index (χ1n) is 12.4. The van der Waals surface area contributed by atoms with E-state index in [0.29, 0.717) is 31.6 Å². The SMILES string of the molecule is CC12CCCCN(C1)C(=O)c1c(OCc3ccccc3)c(=O)c(C(=O)NCc3c(F)cc(F)cc3F)cn12. The minimum Gasteiger partial charge on any atom is -0.483 e. The molecule has 0 radical (unpaired) electrons. The van der Waals surface area contributed by atoms with Gasteiger partial charge in [0.1, 0.15) is 29.6 Å². The molecule has 1 N–H and O–H groups in total. The van der Waals surface area contributed by atoms with Gasteiger partial charge in [-0.1, -0.05) is 30.3 Å². The molecule has 1 fully saturated rings. The van der Waals surface area contributed by atoms with Crippen LogP contribution in [0.2, 0.25) is 0 Å². The van der Waals surface area contributed by atoms with Gasteiger partial charge < -0.3 is 19.5 Å². The first-order chi connectivity index (χ1) is 18.2. The highest BCUT2D eigenvalue weighted by molar-refractivity contribution is 5.99. The van der Waals surface area contributed by atoms with Crippen LogP contribution < -0.4 is 15.5 Å². The molecule has 10 heteroatoms. The second-order valence-corrected chi connectivity index (χ2v) is 9.91. The Morgan fingerprint density at radius 3 is 2.50 bits per heavy atom. The van der Waals surface area contributed by atoms with Gasteiger partial charge in [-0.2, -0.15) is 0 Å². The number of rotatable bonds is 6. The van der Waals surface area contributed by atoms with Crippen LogP contribution in [0.15, 0.2) is 53.5 Å². The molecule has 2 bridgehead atoms. The van der Waals surface area contributed by atoms with Crippen LogP contribution in [-0.4, -0.2) is 34.4 Å². The number of benzene rings is 2. The first-order valence-corrected chi connectivity index (χ1v) is 12.4. The van der Waals surface area contributed by atoms with Crippen molar-refractivity contribution in [1.82, 2.24) is 14.8 Å². The summed E-state index contributed by atoms with van der Waals surface area (Å²) in [7, 11) is 0. The van der Waals surface area contributed by atoms with Crippen LogP contribution in [-0.2, 0) is 18.7 Å². The van der Waals surface area contributed by atoms with E-state index in [0.717, 1.165) is 18.4 Å². The Bertz CT molecular complexity index is 1450. The number of hydrogen-bond acceptors (Lipinski definition) is 4. The monoisotopic (exact) mass is 525 g/mol. The Morgan fingerprint density at radius 1 is 1.08 bits per heavy atom. The summed E-state index contributed by atoms with van der Waals surface area (Å²) in [5.41, 5.74) is -1.43. The van der Waals surface area contributed by atoms with Gasteiger partial charge in [0.25, 0.3) is 11.8 Å².